The molecule has 0 spiro atoms. The summed E-state index contributed by atoms with van der Waals surface area (Å²) >= 11 is 54.9. The first-order chi connectivity index (χ1) is 40.0. The maximum Gasteiger partial charge on any atom is 0.329 e. The molecule has 4 aromatic carbocycles. The highest BCUT2D eigenvalue weighted by Gasteiger charge is 2.42. The number of Topliss-reactive ketones (excluding diaryl/α,β-unsaturated/α-hetero) is 3. The van der Waals surface area contributed by atoms with Gasteiger partial charge >= 0.3 is 18.1 Å². The number of halogens is 9. The Bertz CT molecular complexity index is 3470. The molecule has 9 rings (SSSR count). The summed E-state index contributed by atoms with van der Waals surface area (Å²) < 4.78 is 0. The number of likely N-dealkylation sites (tertiary alicyclic amines) is 3. The molecule has 2 aromatic heterocycles. The van der Waals surface area contributed by atoms with Gasteiger partial charge in [0.1, 0.15) is 23.0 Å². The lowest BCUT2D eigenvalue weighted by Crippen LogP contribution is -2.45. The van der Waals surface area contributed by atoms with E-state index in [4.69, 9.17) is 104 Å². The zero-order chi connectivity index (χ0) is 60.8. The van der Waals surface area contributed by atoms with Crippen molar-refractivity contribution in [3.63, 3.8) is 0 Å². The Kier molecular flexibility index (Phi) is 24.3. The van der Waals surface area contributed by atoms with Crippen LogP contribution >= 0.6 is 116 Å². The van der Waals surface area contributed by atoms with Gasteiger partial charge in [-0.15, -0.1) is 11.3 Å². The van der Waals surface area contributed by atoms with Gasteiger partial charge in [0.2, 0.25) is 17.7 Å². The molecular formula is C58H50Cl9N7O9S. The smallest absolute Gasteiger partial charge is 0.307 e. The minimum atomic E-state index is -0.777. The summed E-state index contributed by atoms with van der Waals surface area (Å²) in [5, 5.41) is 14.4. The molecule has 84 heavy (non-hydrogen) atoms. The van der Waals surface area contributed by atoms with Gasteiger partial charge in [-0.25, -0.2) is 19.4 Å². The second-order valence-corrected chi connectivity index (χ2v) is 23.9. The highest BCUT2D eigenvalue weighted by atomic mass is 35.5. The van der Waals surface area contributed by atoms with Gasteiger partial charge < -0.3 is 10.6 Å². The Morgan fingerprint density at radius 2 is 1.02 bits per heavy atom. The van der Waals surface area contributed by atoms with Gasteiger partial charge in [-0.2, -0.15) is 0 Å². The van der Waals surface area contributed by atoms with E-state index in [1.165, 1.54) is 35.7 Å². The number of anilines is 3. The van der Waals surface area contributed by atoms with Crippen molar-refractivity contribution >= 4 is 185 Å². The summed E-state index contributed by atoms with van der Waals surface area (Å²) in [6.45, 7) is 0.0544. The van der Waals surface area contributed by atoms with E-state index in [1.54, 1.807) is 72.8 Å². The van der Waals surface area contributed by atoms with Gasteiger partial charge in [-0.05, 0) is 139 Å². The van der Waals surface area contributed by atoms with E-state index < -0.39 is 36.1 Å². The number of rotatable bonds is 16. The van der Waals surface area contributed by atoms with Crippen LogP contribution in [0.2, 0.25) is 45.3 Å². The summed E-state index contributed by atoms with van der Waals surface area (Å²) in [7, 11) is 0. The molecule has 26 heteroatoms. The molecule has 0 saturated carbocycles. The molecule has 3 fully saturated rings. The normalized spacial score (nSPS) is 16.4. The van der Waals surface area contributed by atoms with E-state index in [9.17, 15) is 43.2 Å². The van der Waals surface area contributed by atoms with Crippen LogP contribution in [0.5, 0.6) is 0 Å². The highest BCUT2D eigenvalue weighted by Crippen LogP contribution is 2.31. The first-order valence-corrected chi connectivity index (χ1v) is 30.2. The largest absolute Gasteiger partial charge is 0.329 e. The third-order valence-electron chi connectivity index (χ3n) is 13.5. The molecule has 3 atom stereocenters. The molecule has 3 saturated heterocycles. The summed E-state index contributed by atoms with van der Waals surface area (Å²) in [5.41, 5.74) is 3.31. The Labute approximate surface area is 532 Å². The van der Waals surface area contributed by atoms with Gasteiger partial charge in [-0.1, -0.05) is 123 Å². The number of hydrogen-bond acceptors (Lipinski definition) is 11. The Hall–Kier alpha value is -5.83. The molecule has 440 valence electrons. The second-order valence-electron chi connectivity index (χ2n) is 19.3. The topological polar surface area (TPSA) is 212 Å². The average molecular weight is 1340 g/mol. The quantitative estimate of drug-likeness (QED) is 0.0780. The van der Waals surface area contributed by atoms with Crippen LogP contribution in [0.15, 0.2) is 109 Å². The van der Waals surface area contributed by atoms with Gasteiger partial charge in [0.15, 0.2) is 11.6 Å². The molecule has 6 aromatic rings. The lowest BCUT2D eigenvalue weighted by molar-refractivity contribution is -0.131. The second kappa shape index (κ2) is 31.0. The molecule has 3 aliphatic heterocycles. The molecule has 3 aliphatic rings. The number of aryl methyl sites for hydroxylation is 3. The summed E-state index contributed by atoms with van der Waals surface area (Å²) in [5.74, 6) is -2.01. The molecule has 3 N–H and O–H groups in total. The number of hydrogen-bond donors (Lipinski definition) is 3. The van der Waals surface area contributed by atoms with Crippen LogP contribution in [-0.4, -0.2) is 91.5 Å². The van der Waals surface area contributed by atoms with Gasteiger partial charge in [0, 0.05) is 86.8 Å². The summed E-state index contributed by atoms with van der Waals surface area (Å²) in [6.07, 6.45) is 5.08. The number of carbonyl (C=O) groups is 9. The minimum Gasteiger partial charge on any atom is -0.307 e. The van der Waals surface area contributed by atoms with E-state index in [-0.39, 0.29) is 85.2 Å². The number of nitrogens with one attached hydrogen (secondary N) is 3. The van der Waals surface area contributed by atoms with Crippen LogP contribution in [0.25, 0.3) is 0 Å². The number of thiophene rings is 1. The lowest BCUT2D eigenvalue weighted by Gasteiger charge is -2.22. The average Bonchev–Trinajstić information content (AvgIpc) is 4.18. The minimum absolute atomic E-state index is 0.0134. The van der Waals surface area contributed by atoms with Gasteiger partial charge in [0.05, 0.1) is 26.9 Å². The zero-order valence-corrected chi connectivity index (χ0v) is 51.7. The highest BCUT2D eigenvalue weighted by molar-refractivity contribution is 7.14. The van der Waals surface area contributed by atoms with Crippen molar-refractivity contribution in [2.24, 2.45) is 5.92 Å². The molecule has 16 nitrogen and oxygen atoms in total. The van der Waals surface area contributed by atoms with Crippen molar-refractivity contribution < 1.29 is 43.2 Å². The van der Waals surface area contributed by atoms with Crippen LogP contribution < -0.4 is 16.0 Å². The SMILES string of the molecule is O=C(CCCc1ccc(Cl)cc1Cl)[C@@H]1CCC(=O)N1C(=O)Nc1ccc(Cl)c(Cl)c1.O=C(CCc1ccc(Cl)cc1Cl)C1CC(=O)N(C(=O)Nc2ccc(Cl)nc2)C1.O=C(CCc1ccc(Cl)cc1Cl)[C@@H]1CCC(=O)N1C(=O)Nc1cccs1. The molecule has 0 radical (unpaired) electrons. The van der Waals surface area contributed by atoms with Gasteiger partial charge in [-0.3, -0.25) is 48.8 Å². The predicted octanol–water partition coefficient (Wildman–Crippen LogP) is 15.8. The summed E-state index contributed by atoms with van der Waals surface area (Å²) in [6, 6.07) is 23.4. The lowest BCUT2D eigenvalue weighted by atomic mass is 9.97. The molecule has 9 amide bonds. The van der Waals surface area contributed by atoms with Crippen LogP contribution in [0, 0.1) is 5.92 Å². The van der Waals surface area contributed by atoms with Gasteiger partial charge in [0.25, 0.3) is 0 Å². The van der Waals surface area contributed by atoms with Crippen molar-refractivity contribution in [3.05, 3.63) is 171 Å². The van der Waals surface area contributed by atoms with E-state index in [1.807, 2.05) is 11.4 Å². The van der Waals surface area contributed by atoms with E-state index in [2.05, 4.69) is 20.9 Å². The number of pyridine rings is 1. The maximum atomic E-state index is 12.7. The number of carbonyl (C=O) groups excluding carboxylic acids is 9. The van der Waals surface area contributed by atoms with Crippen molar-refractivity contribution in [1.29, 1.82) is 0 Å². The first kappa shape index (κ1) is 65.7. The Balaban J connectivity index is 0.000000181. The van der Waals surface area contributed by atoms with Crippen LogP contribution in [-0.2, 0) is 48.0 Å². The standard InChI is InChI=1S/C21H18Cl4N2O3.C19H16Cl3N3O3.C18H16Cl2N2O3S/c22-13-5-4-12(16(24)10-13)2-1-3-19(28)18-8-9-20(29)27(18)21(30)26-14-6-7-15(23)17(25)11-14;20-13-3-1-11(15(21)8-13)2-5-16(26)12-7-18(27)25(10-12)19(28)24-14-4-6-17(22)23-9-14;19-12-5-3-11(13(20)10-12)4-7-15(23)14-6-8-17(24)22(14)18(25)21-16-2-1-9-26-16/h4-7,10-11,18H,1-3,8-9H2,(H,26,30);1,3-4,6,8-9,12H,2,5,7,10H2,(H,24,28);1-3,5,9-10,14H,4,6-8H2,(H,21,25)/t18-;;14-/m0.0/s1. The van der Waals surface area contributed by atoms with Crippen molar-refractivity contribution in [3.8, 4) is 0 Å². The zero-order valence-electron chi connectivity index (χ0n) is 44.1. The number of amides is 9. The van der Waals surface area contributed by atoms with Crippen molar-refractivity contribution in [1.82, 2.24) is 19.7 Å². The maximum absolute atomic E-state index is 12.7. The van der Waals surface area contributed by atoms with Crippen molar-refractivity contribution in [2.75, 3.05) is 22.5 Å². The number of benzene rings is 4. The Morgan fingerprint density at radius 3 is 1.54 bits per heavy atom. The van der Waals surface area contributed by atoms with Crippen LogP contribution in [0.4, 0.5) is 30.8 Å². The molecular weight excluding hydrogens is 1290 g/mol. The third kappa shape index (κ3) is 18.3. The molecule has 0 aliphatic carbocycles. The molecule has 0 bridgehead atoms. The first-order valence-electron chi connectivity index (χ1n) is 25.9. The Morgan fingerprint density at radius 1 is 0.512 bits per heavy atom. The fourth-order valence-corrected chi connectivity index (χ4v) is 11.7. The van der Waals surface area contributed by atoms with Crippen LogP contribution in [0.3, 0.4) is 0 Å². The molecule has 5 heterocycles. The predicted molar refractivity (Wildman–Crippen MR) is 331 cm³/mol. The number of imide groups is 3. The van der Waals surface area contributed by atoms with Crippen molar-refractivity contribution in [2.45, 2.75) is 89.1 Å². The van der Waals surface area contributed by atoms with E-state index in [0.29, 0.717) is 95.2 Å². The number of urea groups is 3. The number of aromatic nitrogens is 1. The fraction of sp³-hybridized carbons (Fsp3) is 0.276. The van der Waals surface area contributed by atoms with E-state index >= 15 is 0 Å². The summed E-state index contributed by atoms with van der Waals surface area (Å²) in [4.78, 5) is 119. The fourth-order valence-electron chi connectivity index (χ4n) is 9.20. The third-order valence-corrected chi connectivity index (χ3v) is 17.0. The number of nitrogens with zero attached hydrogens (tertiary/aromatic N) is 4. The number of ketones is 3. The van der Waals surface area contributed by atoms with Crippen LogP contribution in [0.1, 0.15) is 74.5 Å². The van der Waals surface area contributed by atoms with E-state index in [0.717, 1.165) is 31.4 Å². The molecule has 1 unspecified atom stereocenters. The monoisotopic (exact) mass is 1340 g/mol.